The minimum Gasteiger partial charge on any atom is -0.282 e. The summed E-state index contributed by atoms with van der Waals surface area (Å²) < 4.78 is 42.4. The van der Waals surface area contributed by atoms with Crippen molar-refractivity contribution in [3.63, 3.8) is 0 Å². The van der Waals surface area contributed by atoms with Gasteiger partial charge in [0.25, 0.3) is 10.1 Å². The van der Waals surface area contributed by atoms with E-state index in [-0.39, 0.29) is 11.3 Å². The van der Waals surface area contributed by atoms with E-state index in [9.17, 15) is 12.8 Å². The highest BCUT2D eigenvalue weighted by molar-refractivity contribution is 7.85. The Labute approximate surface area is 82.3 Å². The molecule has 0 saturated heterocycles. The lowest BCUT2D eigenvalue weighted by Crippen LogP contribution is -2.00. The third kappa shape index (κ3) is 2.52. The Bertz CT molecular complexity index is 426. The molecule has 3 nitrogen and oxygen atoms in total. The van der Waals surface area contributed by atoms with Crippen molar-refractivity contribution in [1.29, 1.82) is 0 Å². The molecule has 0 aromatic heterocycles. The van der Waals surface area contributed by atoms with Crippen LogP contribution in [0.2, 0.25) is 0 Å². The average molecular weight is 218 g/mol. The van der Waals surface area contributed by atoms with Gasteiger partial charge in [0.05, 0.1) is 11.6 Å². The standard InChI is InChI=1S/C9H11FO3S/c1-7-2-3-9(14(11,12)13)6-8(7)4-5-10/h2-3,6H,4-5H2,1H3,(H,11,12,13). The fourth-order valence-electron chi connectivity index (χ4n) is 1.18. The van der Waals surface area contributed by atoms with Gasteiger partial charge >= 0.3 is 0 Å². The summed E-state index contributed by atoms with van der Waals surface area (Å²) in [6.45, 7) is 1.22. The van der Waals surface area contributed by atoms with Gasteiger partial charge in [0.2, 0.25) is 0 Å². The average Bonchev–Trinajstić information content (AvgIpc) is 2.07. The van der Waals surface area contributed by atoms with Crippen molar-refractivity contribution in [3.05, 3.63) is 29.3 Å². The van der Waals surface area contributed by atoms with Gasteiger partial charge < -0.3 is 0 Å². The fourth-order valence-corrected chi connectivity index (χ4v) is 1.71. The third-order valence-electron chi connectivity index (χ3n) is 1.98. The molecule has 0 fully saturated rings. The highest BCUT2D eigenvalue weighted by Gasteiger charge is 2.10. The summed E-state index contributed by atoms with van der Waals surface area (Å²) in [6, 6.07) is 4.14. The van der Waals surface area contributed by atoms with E-state index in [4.69, 9.17) is 4.55 Å². The van der Waals surface area contributed by atoms with Crippen molar-refractivity contribution in [3.8, 4) is 0 Å². The molecule has 0 saturated carbocycles. The summed E-state index contributed by atoms with van der Waals surface area (Å²) in [6.07, 6.45) is 0.162. The SMILES string of the molecule is Cc1ccc(S(=O)(=O)O)cc1CCF. The van der Waals surface area contributed by atoms with Gasteiger partial charge in [-0.3, -0.25) is 8.94 Å². The normalized spacial score (nSPS) is 11.6. The lowest BCUT2D eigenvalue weighted by atomic mass is 10.1. The molecule has 1 rings (SSSR count). The van der Waals surface area contributed by atoms with E-state index in [1.54, 1.807) is 13.0 Å². The number of aryl methyl sites for hydroxylation is 2. The summed E-state index contributed by atoms with van der Waals surface area (Å²) >= 11 is 0. The van der Waals surface area contributed by atoms with E-state index in [0.29, 0.717) is 5.56 Å². The Morgan fingerprint density at radius 3 is 2.57 bits per heavy atom. The fraction of sp³-hybridized carbons (Fsp3) is 0.333. The van der Waals surface area contributed by atoms with Crippen LogP contribution < -0.4 is 0 Å². The zero-order valence-corrected chi connectivity index (χ0v) is 8.51. The predicted molar refractivity (Wildman–Crippen MR) is 50.7 cm³/mol. The van der Waals surface area contributed by atoms with Crippen LogP contribution in [0.4, 0.5) is 4.39 Å². The molecule has 0 amide bonds. The molecule has 1 aromatic carbocycles. The summed E-state index contributed by atoms with van der Waals surface area (Å²) in [7, 11) is -4.18. The van der Waals surface area contributed by atoms with Gasteiger partial charge in [0, 0.05) is 6.42 Å². The number of halogens is 1. The van der Waals surface area contributed by atoms with Gasteiger partial charge in [-0.2, -0.15) is 8.42 Å². The molecule has 0 aliphatic carbocycles. The molecule has 14 heavy (non-hydrogen) atoms. The van der Waals surface area contributed by atoms with Crippen molar-refractivity contribution < 1.29 is 17.4 Å². The Hall–Kier alpha value is -0.940. The molecule has 0 aliphatic rings. The van der Waals surface area contributed by atoms with Gasteiger partial charge in [-0.15, -0.1) is 0 Å². The van der Waals surface area contributed by atoms with E-state index < -0.39 is 16.8 Å². The minimum absolute atomic E-state index is 0.162. The van der Waals surface area contributed by atoms with Crippen LogP contribution in [0.15, 0.2) is 23.1 Å². The molecule has 0 bridgehead atoms. The minimum atomic E-state index is -4.18. The van der Waals surface area contributed by atoms with Crippen LogP contribution in [0, 0.1) is 6.92 Å². The molecule has 0 unspecified atom stereocenters. The van der Waals surface area contributed by atoms with Crippen molar-refractivity contribution in [1.82, 2.24) is 0 Å². The summed E-state index contributed by atoms with van der Waals surface area (Å²) in [4.78, 5) is -0.188. The smallest absolute Gasteiger partial charge is 0.282 e. The van der Waals surface area contributed by atoms with Crippen LogP contribution in [0.3, 0.4) is 0 Å². The van der Waals surface area contributed by atoms with Crippen molar-refractivity contribution >= 4 is 10.1 Å². The lowest BCUT2D eigenvalue weighted by Gasteiger charge is -2.04. The maximum Gasteiger partial charge on any atom is 0.294 e. The second-order valence-electron chi connectivity index (χ2n) is 3.00. The lowest BCUT2D eigenvalue weighted by molar-refractivity contribution is 0.481. The second kappa shape index (κ2) is 4.06. The molecule has 78 valence electrons. The van der Waals surface area contributed by atoms with Crippen LogP contribution in [0.25, 0.3) is 0 Å². The van der Waals surface area contributed by atoms with Gasteiger partial charge in [-0.25, -0.2) is 0 Å². The van der Waals surface area contributed by atoms with Crippen molar-refractivity contribution in [2.45, 2.75) is 18.2 Å². The molecule has 0 atom stereocenters. The molecular formula is C9H11FO3S. The van der Waals surface area contributed by atoms with Crippen LogP contribution in [0.5, 0.6) is 0 Å². The number of rotatable bonds is 3. The Balaban J connectivity index is 3.20. The topological polar surface area (TPSA) is 54.4 Å². The van der Waals surface area contributed by atoms with E-state index in [1.165, 1.54) is 12.1 Å². The maximum absolute atomic E-state index is 12.1. The molecule has 0 heterocycles. The van der Waals surface area contributed by atoms with E-state index in [2.05, 4.69) is 0 Å². The van der Waals surface area contributed by atoms with Gasteiger partial charge in [0.15, 0.2) is 0 Å². The zero-order chi connectivity index (χ0) is 10.8. The Morgan fingerprint density at radius 2 is 2.07 bits per heavy atom. The monoisotopic (exact) mass is 218 g/mol. The second-order valence-corrected chi connectivity index (χ2v) is 4.42. The third-order valence-corrected chi connectivity index (χ3v) is 2.83. The highest BCUT2D eigenvalue weighted by Crippen LogP contribution is 2.15. The highest BCUT2D eigenvalue weighted by atomic mass is 32.2. The Morgan fingerprint density at radius 1 is 1.43 bits per heavy atom. The number of alkyl halides is 1. The summed E-state index contributed by atoms with van der Waals surface area (Å²) in [5.74, 6) is 0. The molecule has 5 heteroatoms. The van der Waals surface area contributed by atoms with Crippen molar-refractivity contribution in [2.24, 2.45) is 0 Å². The first-order valence-corrected chi connectivity index (χ1v) is 5.52. The first-order chi connectivity index (χ1) is 6.45. The van der Waals surface area contributed by atoms with Crippen LogP contribution in [-0.4, -0.2) is 19.6 Å². The maximum atomic E-state index is 12.1. The molecular weight excluding hydrogens is 207 g/mol. The number of benzene rings is 1. The van der Waals surface area contributed by atoms with Crippen LogP contribution in [-0.2, 0) is 16.5 Å². The van der Waals surface area contributed by atoms with Crippen LogP contribution >= 0.6 is 0 Å². The predicted octanol–water partition coefficient (Wildman–Crippen LogP) is 1.75. The molecule has 0 aliphatic heterocycles. The van der Waals surface area contributed by atoms with Gasteiger partial charge in [-0.05, 0) is 30.2 Å². The van der Waals surface area contributed by atoms with Gasteiger partial charge in [-0.1, -0.05) is 6.07 Å². The van der Waals surface area contributed by atoms with E-state index >= 15 is 0 Å². The number of hydrogen-bond acceptors (Lipinski definition) is 2. The van der Waals surface area contributed by atoms with Crippen molar-refractivity contribution in [2.75, 3.05) is 6.67 Å². The molecule has 1 N–H and O–H groups in total. The first kappa shape index (κ1) is 11.1. The summed E-state index contributed by atoms with van der Waals surface area (Å²) in [5.41, 5.74) is 1.41. The van der Waals surface area contributed by atoms with Gasteiger partial charge in [0.1, 0.15) is 0 Å². The van der Waals surface area contributed by atoms with E-state index in [1.807, 2.05) is 0 Å². The zero-order valence-electron chi connectivity index (χ0n) is 7.70. The Kier molecular flexibility index (Phi) is 3.23. The summed E-state index contributed by atoms with van der Waals surface area (Å²) in [5, 5.41) is 0. The first-order valence-electron chi connectivity index (χ1n) is 4.08. The largest absolute Gasteiger partial charge is 0.294 e. The quantitative estimate of drug-likeness (QED) is 0.786. The molecule has 1 aromatic rings. The van der Waals surface area contributed by atoms with E-state index in [0.717, 1.165) is 5.56 Å². The number of hydrogen-bond donors (Lipinski definition) is 1. The van der Waals surface area contributed by atoms with Crippen LogP contribution in [0.1, 0.15) is 11.1 Å². The molecule has 0 radical (unpaired) electrons. The molecule has 0 spiro atoms.